The van der Waals surface area contributed by atoms with Crippen molar-refractivity contribution in [1.82, 2.24) is 4.90 Å². The number of hydrogen-bond acceptors (Lipinski definition) is 3. The molecule has 0 spiro atoms. The average Bonchev–Trinajstić information content (AvgIpc) is 2.46. The Morgan fingerprint density at radius 3 is 2.43 bits per heavy atom. The summed E-state index contributed by atoms with van der Waals surface area (Å²) in [5.41, 5.74) is 0.924. The van der Waals surface area contributed by atoms with Crippen molar-refractivity contribution < 1.29 is 19.8 Å². The van der Waals surface area contributed by atoms with E-state index in [1.54, 1.807) is 7.05 Å². The number of carboxylic acid groups (broad SMARTS) is 1. The molecule has 0 saturated heterocycles. The van der Waals surface area contributed by atoms with E-state index in [-0.39, 0.29) is 0 Å². The predicted octanol–water partition coefficient (Wildman–Crippen LogP) is 2.32. The number of amides is 1. The highest BCUT2D eigenvalue weighted by Crippen LogP contribution is 2.16. The van der Waals surface area contributed by atoms with Crippen LogP contribution in [0.25, 0.3) is 10.8 Å². The van der Waals surface area contributed by atoms with E-state index < -0.39 is 17.6 Å². The first-order valence-corrected chi connectivity index (χ1v) is 6.34. The Morgan fingerprint density at radius 2 is 1.76 bits per heavy atom. The first kappa shape index (κ1) is 14.6. The molecule has 2 rings (SSSR count). The van der Waals surface area contributed by atoms with Gasteiger partial charge in [0.05, 0.1) is 6.08 Å². The second-order valence-electron chi connectivity index (χ2n) is 4.71. The monoisotopic (exact) mass is 285 g/mol. The summed E-state index contributed by atoms with van der Waals surface area (Å²) in [7, 11) is 1.54. The van der Waals surface area contributed by atoms with Gasteiger partial charge >= 0.3 is 5.97 Å². The first-order chi connectivity index (χ1) is 9.97. The number of aliphatic hydroxyl groups is 1. The predicted molar refractivity (Wildman–Crippen MR) is 78.8 cm³/mol. The first-order valence-electron chi connectivity index (χ1n) is 6.34. The molecule has 0 aliphatic rings. The van der Waals surface area contributed by atoms with E-state index in [0.29, 0.717) is 12.6 Å². The van der Waals surface area contributed by atoms with Gasteiger partial charge in [0.2, 0.25) is 5.76 Å². The number of aliphatic carboxylic acids is 1. The fraction of sp³-hybridized carbons (Fsp3) is 0.125. The maximum atomic E-state index is 11.8. The lowest BCUT2D eigenvalue weighted by atomic mass is 10.1. The Labute approximate surface area is 121 Å². The van der Waals surface area contributed by atoms with E-state index in [0.717, 1.165) is 16.3 Å². The van der Waals surface area contributed by atoms with Gasteiger partial charge < -0.3 is 15.1 Å². The topological polar surface area (TPSA) is 77.8 Å². The van der Waals surface area contributed by atoms with Crippen LogP contribution in [0.5, 0.6) is 0 Å². The molecule has 2 aromatic carbocycles. The molecule has 0 saturated carbocycles. The molecule has 0 atom stereocenters. The molecule has 2 N–H and O–H groups in total. The van der Waals surface area contributed by atoms with Crippen molar-refractivity contribution in [3.05, 3.63) is 59.9 Å². The number of hydrogen-bond donors (Lipinski definition) is 2. The summed E-state index contributed by atoms with van der Waals surface area (Å²) in [6.45, 7) is 0.326. The van der Waals surface area contributed by atoms with Crippen molar-refractivity contribution in [2.75, 3.05) is 7.05 Å². The largest absolute Gasteiger partial charge is 0.502 e. The SMILES string of the molecule is CN(Cc1ccc2ccccc2c1)C(=O)/C=C(\O)C(=O)O. The minimum Gasteiger partial charge on any atom is -0.502 e. The zero-order valence-electron chi connectivity index (χ0n) is 11.5. The molecular formula is C16H15NO4. The van der Waals surface area contributed by atoms with Crippen LogP contribution in [-0.2, 0) is 16.1 Å². The number of carbonyl (C=O) groups is 2. The van der Waals surface area contributed by atoms with Crippen LogP contribution in [-0.4, -0.2) is 34.0 Å². The quantitative estimate of drug-likeness (QED) is 0.667. The highest BCUT2D eigenvalue weighted by molar-refractivity contribution is 5.95. The van der Waals surface area contributed by atoms with Gasteiger partial charge in [-0.25, -0.2) is 4.79 Å². The highest BCUT2D eigenvalue weighted by Gasteiger charge is 2.11. The second-order valence-corrected chi connectivity index (χ2v) is 4.71. The summed E-state index contributed by atoms with van der Waals surface area (Å²) >= 11 is 0. The lowest BCUT2D eigenvalue weighted by Crippen LogP contribution is -2.25. The van der Waals surface area contributed by atoms with E-state index in [2.05, 4.69) is 0 Å². The summed E-state index contributed by atoms with van der Waals surface area (Å²) in [4.78, 5) is 23.6. The molecule has 2 aromatic rings. The van der Waals surface area contributed by atoms with Gasteiger partial charge in [-0.2, -0.15) is 0 Å². The summed E-state index contributed by atoms with van der Waals surface area (Å²) in [5.74, 6) is -3.06. The van der Waals surface area contributed by atoms with Crippen molar-refractivity contribution in [3.8, 4) is 0 Å². The molecular weight excluding hydrogens is 270 g/mol. The van der Waals surface area contributed by atoms with Crippen LogP contribution < -0.4 is 0 Å². The number of carboxylic acids is 1. The standard InChI is InChI=1S/C16H15NO4/c1-17(15(19)9-14(18)16(20)21)10-11-6-7-12-4-2-3-5-13(12)8-11/h2-9,18H,10H2,1H3,(H,20,21)/b14-9-. The minimum atomic E-state index is -1.53. The molecule has 21 heavy (non-hydrogen) atoms. The highest BCUT2D eigenvalue weighted by atomic mass is 16.4. The van der Waals surface area contributed by atoms with Gasteiger partial charge in [0.25, 0.3) is 5.91 Å². The number of nitrogens with zero attached hydrogens (tertiary/aromatic N) is 1. The fourth-order valence-corrected chi connectivity index (χ4v) is 1.98. The van der Waals surface area contributed by atoms with Crippen LogP contribution >= 0.6 is 0 Å². The fourth-order valence-electron chi connectivity index (χ4n) is 1.98. The maximum Gasteiger partial charge on any atom is 0.371 e. The van der Waals surface area contributed by atoms with Crippen molar-refractivity contribution >= 4 is 22.6 Å². The molecule has 0 unspecified atom stereocenters. The molecule has 0 heterocycles. The van der Waals surface area contributed by atoms with Crippen LogP contribution in [0.4, 0.5) is 0 Å². The summed E-state index contributed by atoms with van der Waals surface area (Å²) < 4.78 is 0. The Hall–Kier alpha value is -2.82. The molecule has 0 aliphatic carbocycles. The lowest BCUT2D eigenvalue weighted by Gasteiger charge is -2.15. The third kappa shape index (κ3) is 3.60. The van der Waals surface area contributed by atoms with Gasteiger partial charge in [0.15, 0.2) is 0 Å². The van der Waals surface area contributed by atoms with Gasteiger partial charge in [0.1, 0.15) is 0 Å². The Kier molecular flexibility index (Phi) is 4.23. The maximum absolute atomic E-state index is 11.8. The van der Waals surface area contributed by atoms with Crippen molar-refractivity contribution in [2.24, 2.45) is 0 Å². The zero-order valence-corrected chi connectivity index (χ0v) is 11.5. The molecule has 0 radical (unpaired) electrons. The molecule has 0 bridgehead atoms. The normalized spacial score (nSPS) is 11.4. The molecule has 5 heteroatoms. The van der Waals surface area contributed by atoms with Gasteiger partial charge in [-0.15, -0.1) is 0 Å². The number of aliphatic hydroxyl groups excluding tert-OH is 1. The van der Waals surface area contributed by atoms with Crippen LogP contribution in [0, 0.1) is 0 Å². The summed E-state index contributed by atoms with van der Waals surface area (Å²) in [6.07, 6.45) is 0.698. The van der Waals surface area contributed by atoms with E-state index in [9.17, 15) is 9.59 Å². The number of carbonyl (C=O) groups excluding carboxylic acids is 1. The van der Waals surface area contributed by atoms with E-state index >= 15 is 0 Å². The number of rotatable bonds is 4. The smallest absolute Gasteiger partial charge is 0.371 e. The van der Waals surface area contributed by atoms with E-state index in [4.69, 9.17) is 10.2 Å². The van der Waals surface area contributed by atoms with Crippen LogP contribution in [0.3, 0.4) is 0 Å². The molecule has 0 aromatic heterocycles. The molecule has 1 amide bonds. The molecule has 5 nitrogen and oxygen atoms in total. The van der Waals surface area contributed by atoms with Gasteiger partial charge in [-0.3, -0.25) is 4.79 Å². The van der Waals surface area contributed by atoms with Gasteiger partial charge in [-0.05, 0) is 22.4 Å². The minimum absolute atomic E-state index is 0.326. The number of likely N-dealkylation sites (N-methyl/N-ethyl adjacent to an activating group) is 1. The number of fused-ring (bicyclic) bond motifs is 1. The van der Waals surface area contributed by atoms with E-state index in [1.165, 1.54) is 4.90 Å². The average molecular weight is 285 g/mol. The van der Waals surface area contributed by atoms with Gasteiger partial charge in [-0.1, -0.05) is 36.4 Å². The third-order valence-corrected chi connectivity index (χ3v) is 3.09. The lowest BCUT2D eigenvalue weighted by molar-refractivity contribution is -0.136. The second kappa shape index (κ2) is 6.09. The van der Waals surface area contributed by atoms with Crippen molar-refractivity contribution in [1.29, 1.82) is 0 Å². The van der Waals surface area contributed by atoms with Crippen LogP contribution in [0.1, 0.15) is 5.56 Å². The Morgan fingerprint density at radius 1 is 1.10 bits per heavy atom. The third-order valence-electron chi connectivity index (χ3n) is 3.09. The van der Waals surface area contributed by atoms with Gasteiger partial charge in [0, 0.05) is 13.6 Å². The summed E-state index contributed by atoms with van der Waals surface area (Å²) in [6, 6.07) is 13.7. The van der Waals surface area contributed by atoms with Crippen LogP contribution in [0.2, 0.25) is 0 Å². The number of benzene rings is 2. The Balaban J connectivity index is 2.14. The van der Waals surface area contributed by atoms with Crippen LogP contribution in [0.15, 0.2) is 54.3 Å². The molecule has 0 fully saturated rings. The van der Waals surface area contributed by atoms with Crippen molar-refractivity contribution in [3.63, 3.8) is 0 Å². The zero-order chi connectivity index (χ0) is 15.4. The molecule has 108 valence electrons. The van der Waals surface area contributed by atoms with Crippen molar-refractivity contribution in [2.45, 2.75) is 6.54 Å². The molecule has 0 aliphatic heterocycles. The Bertz CT molecular complexity index is 721. The van der Waals surface area contributed by atoms with E-state index in [1.807, 2.05) is 42.5 Å². The summed E-state index contributed by atoms with van der Waals surface area (Å²) in [5, 5.41) is 19.8.